The number of ketones is 1. The lowest BCUT2D eigenvalue weighted by Crippen LogP contribution is -2.09. The molecule has 0 unspecified atom stereocenters. The van der Waals surface area contributed by atoms with Gasteiger partial charge in [0.2, 0.25) is 0 Å². The minimum Gasteiger partial charge on any atom is -0.504 e. The van der Waals surface area contributed by atoms with Crippen molar-refractivity contribution in [2.45, 2.75) is 13.8 Å². The highest BCUT2D eigenvalue weighted by atomic mass is 16.5. The van der Waals surface area contributed by atoms with Crippen molar-refractivity contribution in [1.82, 2.24) is 0 Å². The van der Waals surface area contributed by atoms with E-state index in [0.717, 1.165) is 0 Å². The molecule has 0 aromatic heterocycles. The van der Waals surface area contributed by atoms with Crippen molar-refractivity contribution in [3.05, 3.63) is 23.3 Å². The smallest absolute Gasteiger partial charge is 0.166 e. The number of methoxy groups -OCH3 is 1. The third-order valence-electron chi connectivity index (χ3n) is 2.23. The first-order valence-electron chi connectivity index (χ1n) is 4.86. The fourth-order valence-electron chi connectivity index (χ4n) is 1.34. The number of ether oxygens (including phenoxy) is 1. The fraction of sp³-hybridized carbons (Fsp3) is 0.333. The topological polar surface area (TPSA) is 70.3 Å². The summed E-state index contributed by atoms with van der Waals surface area (Å²) in [6.45, 7) is 3.48. The van der Waals surface area contributed by atoms with Crippen molar-refractivity contribution in [1.29, 1.82) is 5.26 Å². The monoisotopic (exact) mass is 219 g/mol. The number of Topliss-reactive ketones (excluding diaryl/α,β-unsaturated/α-hetero) is 1. The largest absolute Gasteiger partial charge is 0.504 e. The molecule has 0 aliphatic carbocycles. The van der Waals surface area contributed by atoms with E-state index in [0.29, 0.717) is 0 Å². The van der Waals surface area contributed by atoms with Crippen LogP contribution in [0.1, 0.15) is 29.8 Å². The Kier molecular flexibility index (Phi) is 3.51. The lowest BCUT2D eigenvalue weighted by molar-refractivity contribution is 0.0938. The molecular formula is C12H13NO3. The predicted molar refractivity (Wildman–Crippen MR) is 58.5 cm³/mol. The normalized spacial score (nSPS) is 9.94. The summed E-state index contributed by atoms with van der Waals surface area (Å²) in [4.78, 5) is 11.8. The molecule has 0 bridgehead atoms. The van der Waals surface area contributed by atoms with Gasteiger partial charge in [-0.1, -0.05) is 13.8 Å². The van der Waals surface area contributed by atoms with Crippen LogP contribution in [0.2, 0.25) is 0 Å². The van der Waals surface area contributed by atoms with Gasteiger partial charge in [-0.15, -0.1) is 0 Å². The summed E-state index contributed by atoms with van der Waals surface area (Å²) in [5, 5.41) is 18.5. The summed E-state index contributed by atoms with van der Waals surface area (Å²) in [6.07, 6.45) is 0. The van der Waals surface area contributed by atoms with Gasteiger partial charge in [-0.05, 0) is 6.07 Å². The Morgan fingerprint density at radius 3 is 2.56 bits per heavy atom. The van der Waals surface area contributed by atoms with E-state index < -0.39 is 0 Å². The average molecular weight is 219 g/mol. The number of nitrogens with zero attached hydrogens (tertiary/aromatic N) is 1. The lowest BCUT2D eigenvalue weighted by atomic mass is 9.96. The van der Waals surface area contributed by atoms with Crippen LogP contribution in [-0.2, 0) is 0 Å². The molecule has 4 nitrogen and oxygen atoms in total. The van der Waals surface area contributed by atoms with E-state index in [9.17, 15) is 9.90 Å². The fourth-order valence-corrected chi connectivity index (χ4v) is 1.34. The van der Waals surface area contributed by atoms with Crippen LogP contribution >= 0.6 is 0 Å². The van der Waals surface area contributed by atoms with Gasteiger partial charge in [-0.25, -0.2) is 0 Å². The van der Waals surface area contributed by atoms with Crippen LogP contribution in [0.4, 0.5) is 0 Å². The van der Waals surface area contributed by atoms with Gasteiger partial charge in [0, 0.05) is 17.5 Å². The molecule has 1 rings (SSSR count). The third-order valence-corrected chi connectivity index (χ3v) is 2.23. The molecule has 1 aromatic carbocycles. The number of rotatable bonds is 3. The van der Waals surface area contributed by atoms with Gasteiger partial charge in [0.1, 0.15) is 6.07 Å². The van der Waals surface area contributed by atoms with Crippen LogP contribution in [0, 0.1) is 17.2 Å². The van der Waals surface area contributed by atoms with Gasteiger partial charge >= 0.3 is 0 Å². The van der Waals surface area contributed by atoms with Gasteiger partial charge in [0.05, 0.1) is 12.7 Å². The first kappa shape index (κ1) is 12.1. The van der Waals surface area contributed by atoms with Gasteiger partial charge in [-0.2, -0.15) is 5.26 Å². The molecule has 0 radical (unpaired) electrons. The Morgan fingerprint density at radius 1 is 1.50 bits per heavy atom. The molecule has 0 fully saturated rings. The molecule has 1 aromatic rings. The third kappa shape index (κ3) is 2.14. The summed E-state index contributed by atoms with van der Waals surface area (Å²) in [5.74, 6) is -0.336. The summed E-state index contributed by atoms with van der Waals surface area (Å²) < 4.78 is 4.87. The molecular weight excluding hydrogens is 206 g/mol. The molecule has 0 atom stereocenters. The average Bonchev–Trinajstić information content (AvgIpc) is 2.27. The van der Waals surface area contributed by atoms with Crippen molar-refractivity contribution in [3.8, 4) is 17.6 Å². The first-order valence-corrected chi connectivity index (χ1v) is 4.86. The van der Waals surface area contributed by atoms with E-state index in [2.05, 4.69) is 0 Å². The first-order chi connectivity index (χ1) is 7.51. The van der Waals surface area contributed by atoms with Gasteiger partial charge in [-0.3, -0.25) is 4.79 Å². The van der Waals surface area contributed by atoms with E-state index in [4.69, 9.17) is 10.00 Å². The lowest BCUT2D eigenvalue weighted by Gasteiger charge is -2.09. The molecule has 4 heteroatoms. The molecule has 0 heterocycles. The van der Waals surface area contributed by atoms with Gasteiger partial charge in [0.25, 0.3) is 0 Å². The van der Waals surface area contributed by atoms with Gasteiger partial charge in [0.15, 0.2) is 17.3 Å². The van der Waals surface area contributed by atoms with E-state index in [-0.39, 0.29) is 34.3 Å². The van der Waals surface area contributed by atoms with Crippen molar-refractivity contribution in [2.24, 2.45) is 5.92 Å². The SMILES string of the molecule is COc1cc(C#N)c(C(=O)C(C)C)cc1O. The quantitative estimate of drug-likeness (QED) is 0.790. The van der Waals surface area contributed by atoms with Gasteiger partial charge < -0.3 is 9.84 Å². The summed E-state index contributed by atoms with van der Waals surface area (Å²) >= 11 is 0. The van der Waals surface area contributed by atoms with Crippen molar-refractivity contribution in [2.75, 3.05) is 7.11 Å². The van der Waals surface area contributed by atoms with Crippen LogP contribution in [0.5, 0.6) is 11.5 Å². The van der Waals surface area contributed by atoms with Crippen LogP contribution in [-0.4, -0.2) is 18.0 Å². The van der Waals surface area contributed by atoms with Crippen LogP contribution in [0.15, 0.2) is 12.1 Å². The maximum atomic E-state index is 11.8. The predicted octanol–water partition coefficient (Wildman–Crippen LogP) is 2.11. The maximum absolute atomic E-state index is 11.8. The zero-order chi connectivity index (χ0) is 12.3. The molecule has 84 valence electrons. The molecule has 0 spiro atoms. The molecule has 0 amide bonds. The van der Waals surface area contributed by atoms with Crippen LogP contribution in [0.3, 0.4) is 0 Å². The van der Waals surface area contributed by atoms with E-state index in [1.54, 1.807) is 13.8 Å². The molecule has 0 aliphatic heterocycles. The van der Waals surface area contributed by atoms with E-state index >= 15 is 0 Å². The summed E-state index contributed by atoms with van der Waals surface area (Å²) in [6, 6.07) is 4.56. The standard InChI is InChI=1S/C12H13NO3/c1-7(2)12(15)9-5-10(14)11(16-3)4-8(9)6-13/h4-5,7,14H,1-3H3. The Hall–Kier alpha value is -2.02. The number of hydrogen-bond acceptors (Lipinski definition) is 4. The Morgan fingerprint density at radius 2 is 2.12 bits per heavy atom. The highest BCUT2D eigenvalue weighted by molar-refractivity contribution is 6.00. The number of benzene rings is 1. The van der Waals surface area contributed by atoms with E-state index in [1.807, 2.05) is 6.07 Å². The minimum absolute atomic E-state index is 0.134. The molecule has 16 heavy (non-hydrogen) atoms. The number of aromatic hydroxyl groups is 1. The van der Waals surface area contributed by atoms with Crippen LogP contribution < -0.4 is 4.74 Å². The second kappa shape index (κ2) is 4.67. The second-order valence-corrected chi connectivity index (χ2v) is 3.70. The van der Waals surface area contributed by atoms with Crippen molar-refractivity contribution >= 4 is 5.78 Å². The summed E-state index contributed by atoms with van der Waals surface area (Å²) in [5.41, 5.74) is 0.448. The number of phenolic OH excluding ortho intramolecular Hbond substituents is 1. The number of hydrogen-bond donors (Lipinski definition) is 1. The number of carbonyl (C=O) groups excluding carboxylic acids is 1. The molecule has 0 aliphatic rings. The van der Waals surface area contributed by atoms with Crippen molar-refractivity contribution < 1.29 is 14.6 Å². The zero-order valence-corrected chi connectivity index (χ0v) is 9.44. The highest BCUT2D eigenvalue weighted by Crippen LogP contribution is 2.30. The summed E-state index contributed by atoms with van der Waals surface area (Å²) in [7, 11) is 1.39. The Balaban J connectivity index is 3.36. The van der Waals surface area contributed by atoms with E-state index in [1.165, 1.54) is 19.2 Å². The maximum Gasteiger partial charge on any atom is 0.166 e. The minimum atomic E-state index is -0.222. The second-order valence-electron chi connectivity index (χ2n) is 3.70. The number of nitriles is 1. The zero-order valence-electron chi connectivity index (χ0n) is 9.44. The molecule has 1 N–H and O–H groups in total. The number of phenols is 1. The number of carbonyl (C=O) groups is 1. The highest BCUT2D eigenvalue weighted by Gasteiger charge is 2.18. The Bertz CT molecular complexity index is 458. The van der Waals surface area contributed by atoms with Crippen LogP contribution in [0.25, 0.3) is 0 Å². The molecule has 0 saturated heterocycles. The molecule has 0 saturated carbocycles. The van der Waals surface area contributed by atoms with Crippen molar-refractivity contribution in [3.63, 3.8) is 0 Å². The Labute approximate surface area is 94.1 Å².